The highest BCUT2D eigenvalue weighted by molar-refractivity contribution is 7.98. The van der Waals surface area contributed by atoms with Crippen LogP contribution in [0.25, 0.3) is 0 Å². The van der Waals surface area contributed by atoms with Crippen molar-refractivity contribution >= 4 is 35.3 Å². The van der Waals surface area contributed by atoms with Crippen molar-refractivity contribution in [2.24, 2.45) is 0 Å². The normalized spacial score (nSPS) is 11.8. The number of thioether (sulfide) groups is 1. The Labute approximate surface area is 121 Å². The van der Waals surface area contributed by atoms with Crippen LogP contribution in [-0.4, -0.2) is 24.8 Å². The van der Waals surface area contributed by atoms with E-state index in [0.717, 1.165) is 4.90 Å². The Morgan fingerprint density at radius 2 is 2.11 bits per heavy atom. The van der Waals surface area contributed by atoms with Crippen LogP contribution in [0.2, 0.25) is 5.02 Å². The van der Waals surface area contributed by atoms with E-state index in [1.54, 1.807) is 25.1 Å². The van der Waals surface area contributed by atoms with Gasteiger partial charge in [-0.15, -0.1) is 11.8 Å². The molecule has 0 saturated heterocycles. The molecule has 1 rings (SSSR count). The molecule has 0 bridgehead atoms. The predicted molar refractivity (Wildman–Crippen MR) is 74.4 cm³/mol. The largest absolute Gasteiger partial charge is 0.463 e. The zero-order valence-corrected chi connectivity index (χ0v) is 12.5. The monoisotopic (exact) mass is 302 g/mol. The second kappa shape index (κ2) is 7.40. The number of ether oxygens (including phenoxy) is 2. The van der Waals surface area contributed by atoms with Gasteiger partial charge < -0.3 is 9.47 Å². The minimum atomic E-state index is -1.08. The molecule has 0 aliphatic carbocycles. The Kier molecular flexibility index (Phi) is 6.18. The molecule has 19 heavy (non-hydrogen) atoms. The minimum absolute atomic E-state index is 0.216. The average molecular weight is 303 g/mol. The number of hydrogen-bond acceptors (Lipinski definition) is 5. The van der Waals surface area contributed by atoms with E-state index in [9.17, 15) is 9.59 Å². The highest BCUT2D eigenvalue weighted by Crippen LogP contribution is 2.30. The van der Waals surface area contributed by atoms with E-state index in [1.165, 1.54) is 18.7 Å². The zero-order valence-electron chi connectivity index (χ0n) is 10.9. The number of rotatable bonds is 5. The SMILES string of the molecule is CCOC(=O)C(OC(C)=O)c1ccc(SC)c(Cl)c1. The molecule has 1 unspecified atom stereocenters. The molecule has 1 aromatic carbocycles. The molecule has 0 aliphatic rings. The summed E-state index contributed by atoms with van der Waals surface area (Å²) in [7, 11) is 0. The average Bonchev–Trinajstić information content (AvgIpc) is 2.36. The summed E-state index contributed by atoms with van der Waals surface area (Å²) in [6, 6.07) is 5.08. The Hall–Kier alpha value is -1.20. The van der Waals surface area contributed by atoms with Crippen LogP contribution in [0.15, 0.2) is 23.1 Å². The van der Waals surface area contributed by atoms with E-state index < -0.39 is 18.0 Å². The fourth-order valence-electron chi connectivity index (χ4n) is 1.48. The van der Waals surface area contributed by atoms with Gasteiger partial charge in [0.25, 0.3) is 0 Å². The second-order valence-electron chi connectivity index (χ2n) is 3.64. The third-order valence-corrected chi connectivity index (χ3v) is 3.48. The lowest BCUT2D eigenvalue weighted by atomic mass is 10.1. The van der Waals surface area contributed by atoms with Gasteiger partial charge in [-0.2, -0.15) is 0 Å². The molecule has 0 N–H and O–H groups in total. The van der Waals surface area contributed by atoms with Gasteiger partial charge in [-0.25, -0.2) is 4.79 Å². The molecule has 4 nitrogen and oxygen atoms in total. The molecule has 1 aromatic rings. The molecule has 0 radical (unpaired) electrons. The standard InChI is InChI=1S/C13H15ClO4S/c1-4-17-13(16)12(18-8(2)15)9-5-6-11(19-3)10(14)7-9/h5-7,12H,4H2,1-3H3. The maximum absolute atomic E-state index is 11.8. The lowest BCUT2D eigenvalue weighted by Gasteiger charge is -2.16. The molecular weight excluding hydrogens is 288 g/mol. The summed E-state index contributed by atoms with van der Waals surface area (Å²) in [6.45, 7) is 3.14. The van der Waals surface area contributed by atoms with Gasteiger partial charge in [-0.1, -0.05) is 17.7 Å². The van der Waals surface area contributed by atoms with Crippen molar-refractivity contribution < 1.29 is 19.1 Å². The molecule has 0 aromatic heterocycles. The summed E-state index contributed by atoms with van der Waals surface area (Å²) < 4.78 is 9.89. The van der Waals surface area contributed by atoms with Gasteiger partial charge in [0, 0.05) is 17.4 Å². The van der Waals surface area contributed by atoms with Crippen molar-refractivity contribution in [3.05, 3.63) is 28.8 Å². The van der Waals surface area contributed by atoms with Crippen LogP contribution < -0.4 is 0 Å². The first-order chi connectivity index (χ1) is 8.99. The predicted octanol–water partition coefficient (Wildman–Crippen LogP) is 3.23. The first kappa shape index (κ1) is 15.9. The molecule has 6 heteroatoms. The van der Waals surface area contributed by atoms with E-state index >= 15 is 0 Å². The highest BCUT2D eigenvalue weighted by Gasteiger charge is 2.25. The van der Waals surface area contributed by atoms with Gasteiger partial charge >= 0.3 is 11.9 Å². The van der Waals surface area contributed by atoms with Gasteiger partial charge in [0.2, 0.25) is 6.10 Å². The van der Waals surface area contributed by atoms with E-state index in [1.807, 2.05) is 6.26 Å². The van der Waals surface area contributed by atoms with Crippen LogP contribution in [0.4, 0.5) is 0 Å². The fraction of sp³-hybridized carbons (Fsp3) is 0.385. The van der Waals surface area contributed by atoms with Crippen molar-refractivity contribution in [1.82, 2.24) is 0 Å². The van der Waals surface area contributed by atoms with Gasteiger partial charge in [-0.3, -0.25) is 4.79 Å². The number of hydrogen-bond donors (Lipinski definition) is 0. The van der Waals surface area contributed by atoms with Gasteiger partial charge in [0.15, 0.2) is 0 Å². The van der Waals surface area contributed by atoms with Crippen LogP contribution in [0.1, 0.15) is 25.5 Å². The summed E-state index contributed by atoms with van der Waals surface area (Å²) >= 11 is 7.57. The first-order valence-corrected chi connectivity index (χ1v) is 7.27. The summed E-state index contributed by atoms with van der Waals surface area (Å²) in [5, 5.41) is 0.506. The first-order valence-electron chi connectivity index (χ1n) is 5.66. The van der Waals surface area contributed by atoms with Gasteiger partial charge in [-0.05, 0) is 25.3 Å². The van der Waals surface area contributed by atoms with Crippen LogP contribution in [0, 0.1) is 0 Å². The Morgan fingerprint density at radius 1 is 1.42 bits per heavy atom. The maximum atomic E-state index is 11.8. The van der Waals surface area contributed by atoms with E-state index in [4.69, 9.17) is 21.1 Å². The van der Waals surface area contributed by atoms with E-state index in [-0.39, 0.29) is 6.61 Å². The Balaban J connectivity index is 3.06. The molecule has 0 saturated carbocycles. The molecule has 104 valence electrons. The van der Waals surface area contributed by atoms with E-state index in [2.05, 4.69) is 0 Å². The number of benzene rings is 1. The van der Waals surface area contributed by atoms with Crippen molar-refractivity contribution in [2.45, 2.75) is 24.8 Å². The van der Waals surface area contributed by atoms with Crippen molar-refractivity contribution in [3.63, 3.8) is 0 Å². The van der Waals surface area contributed by atoms with Crippen molar-refractivity contribution in [2.75, 3.05) is 12.9 Å². The van der Waals surface area contributed by atoms with Gasteiger partial charge in [0.1, 0.15) is 0 Å². The van der Waals surface area contributed by atoms with Crippen LogP contribution in [-0.2, 0) is 19.1 Å². The topological polar surface area (TPSA) is 52.6 Å². The third-order valence-electron chi connectivity index (χ3n) is 2.26. The number of esters is 2. The molecule has 0 aliphatic heterocycles. The second-order valence-corrected chi connectivity index (χ2v) is 4.89. The number of halogens is 1. The summed E-state index contributed by atoms with van der Waals surface area (Å²) in [4.78, 5) is 23.8. The smallest absolute Gasteiger partial charge is 0.352 e. The lowest BCUT2D eigenvalue weighted by molar-refractivity contribution is -0.167. The van der Waals surface area contributed by atoms with Crippen LogP contribution in [0.5, 0.6) is 0 Å². The summed E-state index contributed by atoms with van der Waals surface area (Å²) in [5.41, 5.74) is 0.497. The van der Waals surface area contributed by atoms with Crippen LogP contribution in [0.3, 0.4) is 0 Å². The minimum Gasteiger partial charge on any atom is -0.463 e. The Morgan fingerprint density at radius 3 is 2.58 bits per heavy atom. The molecule has 0 heterocycles. The fourth-order valence-corrected chi connectivity index (χ4v) is 2.36. The van der Waals surface area contributed by atoms with Crippen molar-refractivity contribution in [3.8, 4) is 0 Å². The quantitative estimate of drug-likeness (QED) is 0.617. The third kappa shape index (κ3) is 4.44. The Bertz CT molecular complexity index is 476. The summed E-state index contributed by atoms with van der Waals surface area (Å²) in [6.07, 6.45) is 0.821. The lowest BCUT2D eigenvalue weighted by Crippen LogP contribution is -2.21. The highest BCUT2D eigenvalue weighted by atomic mass is 35.5. The van der Waals surface area contributed by atoms with E-state index in [0.29, 0.717) is 10.6 Å². The molecule has 0 spiro atoms. The number of carbonyl (C=O) groups excluding carboxylic acids is 2. The number of carbonyl (C=O) groups is 2. The molecule has 1 atom stereocenters. The van der Waals surface area contributed by atoms with Crippen molar-refractivity contribution in [1.29, 1.82) is 0 Å². The molecule has 0 amide bonds. The summed E-state index contributed by atoms with van der Waals surface area (Å²) in [5.74, 6) is -1.16. The molecular formula is C13H15ClO4S. The maximum Gasteiger partial charge on any atom is 0.352 e. The molecule has 0 fully saturated rings. The zero-order chi connectivity index (χ0) is 14.4. The van der Waals surface area contributed by atoms with Crippen LogP contribution >= 0.6 is 23.4 Å². The van der Waals surface area contributed by atoms with Gasteiger partial charge in [0.05, 0.1) is 11.6 Å².